The number of hydrogen-bond donors (Lipinski definition) is 2. The summed E-state index contributed by atoms with van der Waals surface area (Å²) in [5.41, 5.74) is 2.25. The average molecular weight is 351 g/mol. The van der Waals surface area contributed by atoms with Crippen molar-refractivity contribution in [3.63, 3.8) is 0 Å². The fraction of sp³-hybridized carbons (Fsp3) is 0.200. The maximum absolute atomic E-state index is 12.5. The second-order valence-electron chi connectivity index (χ2n) is 6.16. The van der Waals surface area contributed by atoms with Gasteiger partial charge in [-0.15, -0.1) is 0 Å². The van der Waals surface area contributed by atoms with Crippen molar-refractivity contribution in [1.82, 2.24) is 14.9 Å². The highest BCUT2D eigenvalue weighted by Crippen LogP contribution is 2.23. The number of benzene rings is 2. The molecule has 0 spiro atoms. The van der Waals surface area contributed by atoms with Gasteiger partial charge in [0.1, 0.15) is 11.5 Å². The third-order valence-electron chi connectivity index (χ3n) is 3.74. The number of imidazole rings is 1. The maximum Gasteiger partial charge on any atom is 0.251 e. The number of nitrogens with zero attached hydrogens (tertiary/aromatic N) is 2. The molecular formula is C20H21N3O3. The van der Waals surface area contributed by atoms with Crippen LogP contribution in [0, 0.1) is 0 Å². The number of aromatic nitrogens is 2. The number of rotatable bonds is 6. The molecule has 3 aromatic rings. The maximum atomic E-state index is 12.5. The van der Waals surface area contributed by atoms with Crippen LogP contribution in [0.4, 0.5) is 0 Å². The van der Waals surface area contributed by atoms with Gasteiger partial charge in [-0.3, -0.25) is 4.79 Å². The Kier molecular flexibility index (Phi) is 5.22. The topological polar surface area (TPSA) is 76.4 Å². The Balaban J connectivity index is 1.75. The van der Waals surface area contributed by atoms with Crippen molar-refractivity contribution < 1.29 is 14.6 Å². The Labute approximate surface area is 152 Å². The lowest BCUT2D eigenvalue weighted by Crippen LogP contribution is -2.23. The minimum Gasteiger partial charge on any atom is -0.508 e. The molecule has 1 aromatic heterocycles. The van der Waals surface area contributed by atoms with Gasteiger partial charge in [0.15, 0.2) is 0 Å². The molecule has 0 unspecified atom stereocenters. The zero-order valence-electron chi connectivity index (χ0n) is 14.7. The number of amides is 1. The molecule has 2 N–H and O–H groups in total. The van der Waals surface area contributed by atoms with E-state index >= 15 is 0 Å². The lowest BCUT2D eigenvalue weighted by Gasteiger charge is -2.13. The Hall–Kier alpha value is -3.28. The lowest BCUT2D eigenvalue weighted by atomic mass is 10.1. The van der Waals surface area contributed by atoms with Crippen LogP contribution in [-0.2, 0) is 6.54 Å². The molecule has 0 radical (unpaired) electrons. The van der Waals surface area contributed by atoms with Crippen molar-refractivity contribution >= 4 is 5.91 Å². The van der Waals surface area contributed by atoms with E-state index in [1.54, 1.807) is 18.6 Å². The zero-order valence-corrected chi connectivity index (χ0v) is 14.7. The van der Waals surface area contributed by atoms with Crippen molar-refractivity contribution in [2.24, 2.45) is 0 Å². The van der Waals surface area contributed by atoms with Gasteiger partial charge in [-0.25, -0.2) is 4.98 Å². The van der Waals surface area contributed by atoms with Crippen molar-refractivity contribution in [2.75, 3.05) is 0 Å². The minimum absolute atomic E-state index is 0.00730. The SMILES string of the molecule is CC(C)Oc1cc(O)cc(C(=O)NCc2ccccc2-n2ccnc2)c1. The highest BCUT2D eigenvalue weighted by Gasteiger charge is 2.11. The number of carbonyl (C=O) groups is 1. The van der Waals surface area contributed by atoms with Crippen LogP contribution in [0.1, 0.15) is 29.8 Å². The molecule has 0 aliphatic heterocycles. The predicted molar refractivity (Wildman–Crippen MR) is 98.6 cm³/mol. The summed E-state index contributed by atoms with van der Waals surface area (Å²) in [4.78, 5) is 16.6. The van der Waals surface area contributed by atoms with Crippen molar-refractivity contribution in [3.05, 3.63) is 72.3 Å². The smallest absolute Gasteiger partial charge is 0.251 e. The number of phenols is 1. The molecule has 6 nitrogen and oxygen atoms in total. The van der Waals surface area contributed by atoms with Crippen molar-refractivity contribution in [3.8, 4) is 17.2 Å². The van der Waals surface area contributed by atoms with E-state index in [1.807, 2.05) is 48.9 Å². The van der Waals surface area contributed by atoms with Crippen LogP contribution in [-0.4, -0.2) is 26.7 Å². The molecule has 6 heteroatoms. The molecular weight excluding hydrogens is 330 g/mol. The third kappa shape index (κ3) is 4.22. The van der Waals surface area contributed by atoms with Crippen LogP contribution in [0.25, 0.3) is 5.69 Å². The Morgan fingerprint density at radius 1 is 1.27 bits per heavy atom. The Morgan fingerprint density at radius 3 is 2.81 bits per heavy atom. The summed E-state index contributed by atoms with van der Waals surface area (Å²) in [6.07, 6.45) is 5.23. The van der Waals surface area contributed by atoms with Gasteiger partial charge in [-0.05, 0) is 37.6 Å². The third-order valence-corrected chi connectivity index (χ3v) is 3.74. The summed E-state index contributed by atoms with van der Waals surface area (Å²) in [7, 11) is 0. The molecule has 0 fully saturated rings. The summed E-state index contributed by atoms with van der Waals surface area (Å²) in [5.74, 6) is 0.172. The number of para-hydroxylation sites is 1. The summed E-state index contributed by atoms with van der Waals surface area (Å²) in [5, 5.41) is 12.7. The van der Waals surface area contributed by atoms with Crippen LogP contribution < -0.4 is 10.1 Å². The van der Waals surface area contributed by atoms with Gasteiger partial charge in [0.2, 0.25) is 0 Å². The minimum atomic E-state index is -0.282. The highest BCUT2D eigenvalue weighted by molar-refractivity contribution is 5.95. The van der Waals surface area contributed by atoms with E-state index in [0.29, 0.717) is 17.9 Å². The Bertz CT molecular complexity index is 889. The van der Waals surface area contributed by atoms with Gasteiger partial charge >= 0.3 is 0 Å². The molecule has 26 heavy (non-hydrogen) atoms. The van der Waals surface area contributed by atoms with E-state index in [4.69, 9.17) is 4.74 Å². The van der Waals surface area contributed by atoms with Crippen LogP contribution in [0.2, 0.25) is 0 Å². The van der Waals surface area contributed by atoms with Gasteiger partial charge in [-0.2, -0.15) is 0 Å². The number of phenolic OH excluding ortho intramolecular Hbond substituents is 1. The van der Waals surface area contributed by atoms with Gasteiger partial charge in [0.05, 0.1) is 18.1 Å². The normalized spacial score (nSPS) is 10.7. The van der Waals surface area contributed by atoms with Gasteiger partial charge in [0.25, 0.3) is 5.91 Å². The molecule has 0 aliphatic rings. The fourth-order valence-corrected chi connectivity index (χ4v) is 2.65. The number of hydrogen-bond acceptors (Lipinski definition) is 4. The average Bonchev–Trinajstić information content (AvgIpc) is 3.13. The molecule has 2 aromatic carbocycles. The highest BCUT2D eigenvalue weighted by atomic mass is 16.5. The van der Waals surface area contributed by atoms with Gasteiger partial charge in [-0.1, -0.05) is 18.2 Å². The molecule has 1 amide bonds. The fourth-order valence-electron chi connectivity index (χ4n) is 2.65. The zero-order chi connectivity index (χ0) is 18.5. The first-order valence-corrected chi connectivity index (χ1v) is 8.38. The van der Waals surface area contributed by atoms with E-state index < -0.39 is 0 Å². The standard InChI is InChI=1S/C20H21N3O3/c1-14(2)26-18-10-16(9-17(24)11-18)20(25)22-12-15-5-3-4-6-19(15)23-8-7-21-13-23/h3-11,13-14,24H,12H2,1-2H3,(H,22,25). The first-order chi connectivity index (χ1) is 12.5. The van der Waals surface area contributed by atoms with E-state index in [-0.39, 0.29) is 17.8 Å². The number of nitrogens with one attached hydrogen (secondary N) is 1. The number of carbonyl (C=O) groups excluding carboxylic acids is 1. The van der Waals surface area contributed by atoms with Gasteiger partial charge in [0, 0.05) is 30.6 Å². The molecule has 0 aliphatic carbocycles. The van der Waals surface area contributed by atoms with Crippen LogP contribution >= 0.6 is 0 Å². The van der Waals surface area contributed by atoms with Crippen molar-refractivity contribution in [2.45, 2.75) is 26.5 Å². The summed E-state index contributed by atoms with van der Waals surface area (Å²) < 4.78 is 7.46. The first-order valence-electron chi connectivity index (χ1n) is 8.38. The monoisotopic (exact) mass is 351 g/mol. The number of ether oxygens (including phenoxy) is 1. The number of aromatic hydroxyl groups is 1. The van der Waals surface area contributed by atoms with E-state index in [9.17, 15) is 9.90 Å². The summed E-state index contributed by atoms with van der Waals surface area (Å²) in [6, 6.07) is 12.3. The molecule has 3 rings (SSSR count). The quantitative estimate of drug-likeness (QED) is 0.714. The summed E-state index contributed by atoms with van der Waals surface area (Å²) >= 11 is 0. The molecule has 0 saturated carbocycles. The predicted octanol–water partition coefficient (Wildman–Crippen LogP) is 3.30. The molecule has 1 heterocycles. The Morgan fingerprint density at radius 2 is 2.08 bits per heavy atom. The van der Waals surface area contributed by atoms with E-state index in [0.717, 1.165) is 11.3 Å². The second kappa shape index (κ2) is 7.74. The van der Waals surface area contributed by atoms with E-state index in [1.165, 1.54) is 12.1 Å². The van der Waals surface area contributed by atoms with Gasteiger partial charge < -0.3 is 19.7 Å². The largest absolute Gasteiger partial charge is 0.508 e. The van der Waals surface area contributed by atoms with Crippen molar-refractivity contribution in [1.29, 1.82) is 0 Å². The molecule has 0 saturated heterocycles. The van der Waals surface area contributed by atoms with E-state index in [2.05, 4.69) is 10.3 Å². The second-order valence-corrected chi connectivity index (χ2v) is 6.16. The molecule has 0 atom stereocenters. The summed E-state index contributed by atoms with van der Waals surface area (Å²) in [6.45, 7) is 4.12. The lowest BCUT2D eigenvalue weighted by molar-refractivity contribution is 0.0949. The van der Waals surface area contributed by atoms with Crippen LogP contribution in [0.5, 0.6) is 11.5 Å². The van der Waals surface area contributed by atoms with Crippen LogP contribution in [0.15, 0.2) is 61.2 Å². The van der Waals surface area contributed by atoms with Crippen LogP contribution in [0.3, 0.4) is 0 Å². The first kappa shape index (κ1) is 17.5. The molecule has 134 valence electrons. The molecule has 0 bridgehead atoms.